The van der Waals surface area contributed by atoms with E-state index in [1.807, 2.05) is 31.5 Å². The van der Waals surface area contributed by atoms with Gasteiger partial charge in [-0.25, -0.2) is 24.1 Å². The largest absolute Gasteiger partial charge is 0.481 e. The number of hydrogen-bond donors (Lipinski definition) is 0. The summed E-state index contributed by atoms with van der Waals surface area (Å²) in [6.07, 6.45) is -10.6. The molecule has 266 valence electrons. The van der Waals surface area contributed by atoms with Gasteiger partial charge < -0.3 is 14.4 Å². The van der Waals surface area contributed by atoms with Crippen molar-refractivity contribution in [3.05, 3.63) is 70.4 Å². The summed E-state index contributed by atoms with van der Waals surface area (Å²) in [5.74, 6) is 0.358. The van der Waals surface area contributed by atoms with E-state index in [1.165, 1.54) is 20.2 Å². The molecule has 10 nitrogen and oxygen atoms in total. The number of pyridine rings is 1. The van der Waals surface area contributed by atoms with Crippen LogP contribution in [0.2, 0.25) is 0 Å². The standard InChI is InChI=1S/C33H32F7N7O3/c1-6-47-17(3)27(16(2)44-47)20-9-24(29(49-5)41-11-20)25-12-42-30(45-13-23(34)14-45)43-26(25)15-46-18(4)28(50-31(46)48)19-7-21(32(35,36)37)10-22(8-19)33(38,39)40/h7-12,18,23,28H,6,13-15H2,1-5H3. The van der Waals surface area contributed by atoms with Crippen molar-refractivity contribution in [3.8, 4) is 28.1 Å². The minimum absolute atomic E-state index is 0.0148. The van der Waals surface area contributed by atoms with Crippen molar-refractivity contribution in [2.45, 2.75) is 71.5 Å². The van der Waals surface area contributed by atoms with Gasteiger partial charge in [0.25, 0.3) is 0 Å². The molecule has 2 atom stereocenters. The summed E-state index contributed by atoms with van der Waals surface area (Å²) in [5.41, 5.74) is 0.727. The van der Waals surface area contributed by atoms with Crippen molar-refractivity contribution in [2.24, 2.45) is 0 Å². The monoisotopic (exact) mass is 707 g/mol. The zero-order chi connectivity index (χ0) is 36.3. The van der Waals surface area contributed by atoms with E-state index in [1.54, 1.807) is 11.1 Å². The van der Waals surface area contributed by atoms with E-state index in [0.717, 1.165) is 21.9 Å². The molecule has 2 aliphatic rings. The first kappa shape index (κ1) is 34.9. The predicted octanol–water partition coefficient (Wildman–Crippen LogP) is 7.33. The van der Waals surface area contributed by atoms with Gasteiger partial charge in [0.05, 0.1) is 55.3 Å². The van der Waals surface area contributed by atoms with Crippen molar-refractivity contribution < 1.29 is 45.0 Å². The van der Waals surface area contributed by atoms with E-state index >= 15 is 0 Å². The molecular weight excluding hydrogens is 675 g/mol. The fourth-order valence-corrected chi connectivity index (χ4v) is 6.32. The van der Waals surface area contributed by atoms with Crippen LogP contribution in [0.25, 0.3) is 22.3 Å². The van der Waals surface area contributed by atoms with Crippen LogP contribution >= 0.6 is 0 Å². The molecule has 0 spiro atoms. The molecule has 17 heteroatoms. The Balaban J connectivity index is 1.42. The Bertz CT molecular complexity index is 1910. The van der Waals surface area contributed by atoms with Crippen LogP contribution in [0.3, 0.4) is 0 Å². The molecule has 4 aromatic rings. The molecule has 0 N–H and O–H groups in total. The maximum atomic E-state index is 13.8. The van der Waals surface area contributed by atoms with Crippen LogP contribution in [0.15, 0.2) is 36.7 Å². The Morgan fingerprint density at radius 1 is 0.960 bits per heavy atom. The zero-order valence-corrected chi connectivity index (χ0v) is 27.5. The number of amides is 1. The third-order valence-corrected chi connectivity index (χ3v) is 8.93. The lowest BCUT2D eigenvalue weighted by atomic mass is 9.97. The molecule has 6 rings (SSSR count). The van der Waals surface area contributed by atoms with Gasteiger partial charge in [-0.05, 0) is 57.5 Å². The SMILES string of the molecule is CCn1nc(C)c(-c2cnc(OC)c(-c3cnc(N4CC(F)C4)nc3CN3C(=O)OC(c4cc(C(F)(F)F)cc(C(F)(F)F)c4)C3C)c2)c1C. The molecular formula is C33H32F7N7O3. The molecule has 2 aliphatic heterocycles. The quantitative estimate of drug-likeness (QED) is 0.176. The molecule has 0 saturated carbocycles. The highest BCUT2D eigenvalue weighted by Crippen LogP contribution is 2.42. The summed E-state index contributed by atoms with van der Waals surface area (Å²) in [6.45, 7) is 7.64. The average molecular weight is 708 g/mol. The first-order valence-electron chi connectivity index (χ1n) is 15.6. The summed E-state index contributed by atoms with van der Waals surface area (Å²) in [5, 5.41) is 4.59. The number of methoxy groups -OCH3 is 1. The molecule has 0 bridgehead atoms. The van der Waals surface area contributed by atoms with Crippen molar-refractivity contribution in [1.82, 2.24) is 29.6 Å². The lowest BCUT2D eigenvalue weighted by molar-refractivity contribution is -0.143. The van der Waals surface area contributed by atoms with E-state index in [2.05, 4.69) is 20.1 Å². The summed E-state index contributed by atoms with van der Waals surface area (Å²) in [7, 11) is 1.42. The first-order chi connectivity index (χ1) is 23.5. The van der Waals surface area contributed by atoms with Gasteiger partial charge in [-0.15, -0.1) is 0 Å². The zero-order valence-electron chi connectivity index (χ0n) is 27.5. The molecule has 2 unspecified atom stereocenters. The van der Waals surface area contributed by atoms with E-state index in [-0.39, 0.29) is 43.2 Å². The lowest BCUT2D eigenvalue weighted by Crippen LogP contribution is -2.49. The lowest BCUT2D eigenvalue weighted by Gasteiger charge is -2.34. The molecule has 0 radical (unpaired) electrons. The number of rotatable bonds is 8. The number of nitrogens with zero attached hydrogens (tertiary/aromatic N) is 7. The highest BCUT2D eigenvalue weighted by molar-refractivity contribution is 5.79. The Kier molecular flexibility index (Phi) is 8.89. The fraction of sp³-hybridized carbons (Fsp3) is 0.424. The summed E-state index contributed by atoms with van der Waals surface area (Å²) < 4.78 is 108. The van der Waals surface area contributed by atoms with Crippen LogP contribution in [0.5, 0.6) is 5.88 Å². The highest BCUT2D eigenvalue weighted by Gasteiger charge is 2.44. The Labute approximate surface area is 281 Å². The van der Waals surface area contributed by atoms with Gasteiger partial charge in [-0.1, -0.05) is 0 Å². The number of alkyl halides is 7. The van der Waals surface area contributed by atoms with Crippen molar-refractivity contribution in [2.75, 3.05) is 25.1 Å². The number of carbonyl (C=O) groups excluding carboxylic acids is 1. The van der Waals surface area contributed by atoms with Crippen LogP contribution in [-0.2, 0) is 30.2 Å². The molecule has 1 aromatic carbocycles. The molecule has 50 heavy (non-hydrogen) atoms. The third-order valence-electron chi connectivity index (χ3n) is 8.93. The molecule has 3 aromatic heterocycles. The smallest absolute Gasteiger partial charge is 0.416 e. The second-order valence-corrected chi connectivity index (χ2v) is 12.2. The van der Waals surface area contributed by atoms with E-state index < -0.39 is 53.5 Å². The van der Waals surface area contributed by atoms with Gasteiger partial charge >= 0.3 is 18.4 Å². The van der Waals surface area contributed by atoms with Gasteiger partial charge in [0, 0.05) is 46.9 Å². The molecule has 5 heterocycles. The minimum Gasteiger partial charge on any atom is -0.481 e. The summed E-state index contributed by atoms with van der Waals surface area (Å²) in [4.78, 5) is 29.7. The predicted molar refractivity (Wildman–Crippen MR) is 166 cm³/mol. The number of hydrogen-bond acceptors (Lipinski definition) is 8. The Hall–Kier alpha value is -4.96. The highest BCUT2D eigenvalue weighted by atomic mass is 19.4. The third kappa shape index (κ3) is 6.40. The molecule has 0 aliphatic carbocycles. The summed E-state index contributed by atoms with van der Waals surface area (Å²) >= 11 is 0. The van der Waals surface area contributed by atoms with E-state index in [0.29, 0.717) is 35.4 Å². The maximum absolute atomic E-state index is 13.8. The van der Waals surface area contributed by atoms with Crippen LogP contribution in [0, 0.1) is 13.8 Å². The van der Waals surface area contributed by atoms with Crippen LogP contribution in [-0.4, -0.2) is 68.1 Å². The Morgan fingerprint density at radius 3 is 2.18 bits per heavy atom. The number of ether oxygens (including phenoxy) is 2. The normalized spacial score (nSPS) is 18.4. The van der Waals surface area contributed by atoms with Crippen molar-refractivity contribution in [1.29, 1.82) is 0 Å². The number of benzene rings is 1. The second kappa shape index (κ2) is 12.7. The number of cyclic esters (lactones) is 1. The molecule has 2 fully saturated rings. The van der Waals surface area contributed by atoms with Crippen LogP contribution < -0.4 is 9.64 Å². The number of halogens is 7. The first-order valence-corrected chi connectivity index (χ1v) is 15.6. The van der Waals surface area contributed by atoms with Gasteiger partial charge in [0.15, 0.2) is 0 Å². The average Bonchev–Trinajstić information content (AvgIpc) is 3.50. The number of anilines is 1. The van der Waals surface area contributed by atoms with E-state index in [9.17, 15) is 35.5 Å². The number of carbonyl (C=O) groups is 1. The van der Waals surface area contributed by atoms with Gasteiger partial charge in [-0.2, -0.15) is 31.4 Å². The van der Waals surface area contributed by atoms with Gasteiger partial charge in [0.2, 0.25) is 11.8 Å². The van der Waals surface area contributed by atoms with Crippen molar-refractivity contribution >= 4 is 12.0 Å². The maximum Gasteiger partial charge on any atom is 0.416 e. The molecule has 2 saturated heterocycles. The minimum atomic E-state index is -5.09. The topological polar surface area (TPSA) is 98.5 Å². The number of aromatic nitrogens is 5. The van der Waals surface area contributed by atoms with Crippen LogP contribution in [0.4, 0.5) is 41.5 Å². The van der Waals surface area contributed by atoms with E-state index in [4.69, 9.17) is 9.47 Å². The van der Waals surface area contributed by atoms with Gasteiger partial charge in [0.1, 0.15) is 12.3 Å². The van der Waals surface area contributed by atoms with Crippen molar-refractivity contribution in [3.63, 3.8) is 0 Å². The molecule has 1 amide bonds. The Morgan fingerprint density at radius 2 is 1.62 bits per heavy atom. The fourth-order valence-electron chi connectivity index (χ4n) is 6.32. The second-order valence-electron chi connectivity index (χ2n) is 12.2. The number of aryl methyl sites for hydroxylation is 2. The summed E-state index contributed by atoms with van der Waals surface area (Å²) in [6, 6.07) is 1.88. The van der Waals surface area contributed by atoms with Crippen LogP contribution in [0.1, 0.15) is 53.7 Å². The van der Waals surface area contributed by atoms with Gasteiger partial charge in [-0.3, -0.25) is 9.58 Å².